The van der Waals surface area contributed by atoms with Crippen molar-refractivity contribution in [1.82, 2.24) is 0 Å². The summed E-state index contributed by atoms with van der Waals surface area (Å²) in [6, 6.07) is 9.15. The Morgan fingerprint density at radius 3 is 2.14 bits per heavy atom. The van der Waals surface area contributed by atoms with E-state index in [2.05, 4.69) is 25.4 Å². The summed E-state index contributed by atoms with van der Waals surface area (Å²) in [5, 5.41) is 0.168. The van der Waals surface area contributed by atoms with E-state index in [1.807, 2.05) is 0 Å². The summed E-state index contributed by atoms with van der Waals surface area (Å²) in [5.74, 6) is -1.71. The molecule has 4 N–H and O–H groups in total. The molecule has 0 heterocycles. The molecule has 0 unspecified atom stereocenters. The predicted molar refractivity (Wildman–Crippen MR) is 133 cm³/mol. The number of benzene rings is 3. The Kier molecular flexibility index (Phi) is 10.2. The molecule has 0 atom stereocenters. The van der Waals surface area contributed by atoms with Crippen molar-refractivity contribution in [3.63, 3.8) is 0 Å². The number of hydrogen-bond acceptors (Lipinski definition) is 5. The zero-order chi connectivity index (χ0) is 25.4. The summed E-state index contributed by atoms with van der Waals surface area (Å²) in [6.45, 7) is 1.49. The molecule has 15 heteroatoms. The van der Waals surface area contributed by atoms with E-state index in [1.165, 1.54) is 19.1 Å². The SMILES string of the molecule is Cc1cc(F)c(Br)cc1NS(=O)(=O)c1ccc(NS(=O)(=O)c2cc(Cl)cc(Cl)c2)cc1C(N)=O.[H-].[K+]. The molecule has 0 aliphatic heterocycles. The molecule has 0 fully saturated rings. The average molecular weight is 651 g/mol. The molecule has 0 radical (unpaired) electrons. The van der Waals surface area contributed by atoms with Crippen LogP contribution in [0.2, 0.25) is 10.0 Å². The predicted octanol–water partition coefficient (Wildman–Crippen LogP) is 2.02. The van der Waals surface area contributed by atoms with Crippen LogP contribution in [0, 0.1) is 12.7 Å². The summed E-state index contributed by atoms with van der Waals surface area (Å²) >= 11 is 14.7. The first kappa shape index (κ1) is 30.5. The number of nitrogens with two attached hydrogens (primary N) is 1. The van der Waals surface area contributed by atoms with Gasteiger partial charge in [-0.15, -0.1) is 0 Å². The minimum atomic E-state index is -4.37. The molecule has 0 saturated heterocycles. The Morgan fingerprint density at radius 1 is 0.971 bits per heavy atom. The molecule has 0 aliphatic rings. The first-order valence-electron chi connectivity index (χ1n) is 9.11. The Bertz CT molecular complexity index is 1530. The maximum Gasteiger partial charge on any atom is 1.00 e. The monoisotopic (exact) mass is 649 g/mol. The van der Waals surface area contributed by atoms with Gasteiger partial charge in [-0.25, -0.2) is 21.2 Å². The van der Waals surface area contributed by atoms with Gasteiger partial charge in [0.2, 0.25) is 5.91 Å². The number of rotatable bonds is 7. The maximum atomic E-state index is 13.7. The zero-order valence-corrected chi connectivity index (χ0v) is 25.9. The van der Waals surface area contributed by atoms with Crippen LogP contribution in [-0.2, 0) is 20.0 Å². The van der Waals surface area contributed by atoms with Crippen molar-refractivity contribution in [3.8, 4) is 0 Å². The van der Waals surface area contributed by atoms with E-state index in [4.69, 9.17) is 28.9 Å². The molecule has 1 amide bonds. The quantitative estimate of drug-likeness (QED) is 0.336. The van der Waals surface area contributed by atoms with Crippen LogP contribution in [0.1, 0.15) is 17.3 Å². The smallest absolute Gasteiger partial charge is 1.00 e. The van der Waals surface area contributed by atoms with Gasteiger partial charge in [-0.05, 0) is 76.9 Å². The third-order valence-electron chi connectivity index (χ3n) is 4.44. The maximum absolute atomic E-state index is 13.7. The fraction of sp³-hybridized carbons (Fsp3) is 0.0500. The number of hydrogen-bond donors (Lipinski definition) is 3. The number of aryl methyl sites for hydroxylation is 1. The Balaban J connectivity index is 0.00000324. The Labute approximate surface area is 263 Å². The van der Waals surface area contributed by atoms with E-state index < -0.39 is 42.2 Å². The van der Waals surface area contributed by atoms with Crippen molar-refractivity contribution < 1.29 is 78.8 Å². The van der Waals surface area contributed by atoms with Gasteiger partial charge < -0.3 is 7.16 Å². The first-order chi connectivity index (χ1) is 15.7. The number of primary amides is 1. The summed E-state index contributed by atoms with van der Waals surface area (Å²) in [7, 11) is -8.56. The fourth-order valence-electron chi connectivity index (χ4n) is 2.87. The number of carbonyl (C=O) groups excluding carboxylic acids is 1. The minimum Gasteiger partial charge on any atom is -1.00 e. The topological polar surface area (TPSA) is 135 Å². The molecule has 0 aromatic heterocycles. The van der Waals surface area contributed by atoms with Crippen LogP contribution in [0.25, 0.3) is 0 Å². The van der Waals surface area contributed by atoms with Crippen molar-refractivity contribution in [2.45, 2.75) is 16.7 Å². The third kappa shape index (κ3) is 7.40. The van der Waals surface area contributed by atoms with Gasteiger partial charge in [-0.1, -0.05) is 23.2 Å². The van der Waals surface area contributed by atoms with E-state index in [0.717, 1.165) is 36.4 Å². The normalized spacial score (nSPS) is 11.5. The number of anilines is 2. The first-order valence-corrected chi connectivity index (χ1v) is 13.6. The largest absolute Gasteiger partial charge is 1.00 e. The molecule has 0 bridgehead atoms. The molecule has 3 rings (SSSR count). The van der Waals surface area contributed by atoms with Crippen molar-refractivity contribution in [1.29, 1.82) is 0 Å². The van der Waals surface area contributed by atoms with Gasteiger partial charge in [0.25, 0.3) is 20.0 Å². The number of sulfonamides is 2. The second-order valence-electron chi connectivity index (χ2n) is 6.97. The third-order valence-corrected chi connectivity index (χ3v) is 8.27. The van der Waals surface area contributed by atoms with Crippen LogP contribution in [-0.4, -0.2) is 22.7 Å². The van der Waals surface area contributed by atoms with Crippen LogP contribution in [0.15, 0.2) is 62.8 Å². The molecule has 3 aromatic carbocycles. The number of carbonyl (C=O) groups is 1. The van der Waals surface area contributed by atoms with E-state index in [1.54, 1.807) is 0 Å². The summed E-state index contributed by atoms with van der Waals surface area (Å²) < 4.78 is 69.5. The molecule has 0 aliphatic carbocycles. The minimum absolute atomic E-state index is 0. The number of amides is 1. The van der Waals surface area contributed by atoms with Crippen molar-refractivity contribution in [2.75, 3.05) is 9.44 Å². The number of nitrogens with one attached hydrogen (secondary N) is 2. The molecule has 35 heavy (non-hydrogen) atoms. The van der Waals surface area contributed by atoms with Crippen LogP contribution >= 0.6 is 39.1 Å². The summed E-state index contributed by atoms with van der Waals surface area (Å²) in [4.78, 5) is 11.3. The molecule has 0 saturated carbocycles. The van der Waals surface area contributed by atoms with Crippen LogP contribution < -0.4 is 66.6 Å². The number of halogens is 4. The van der Waals surface area contributed by atoms with Crippen molar-refractivity contribution >= 4 is 76.5 Å². The van der Waals surface area contributed by atoms with Crippen LogP contribution in [0.4, 0.5) is 15.8 Å². The standard InChI is InChI=1S/C20H15BrCl2FN3O5S2.K.H/c1-10-4-17(24)16(21)9-18(10)27-34(31,32)19-3-2-13(8-15(19)20(25)28)26-33(29,30)14-6-11(22)5-12(23)7-14;;/h2-9,26-27H,1H3,(H2,25,28);;/q;+1;-1. The fourth-order valence-corrected chi connectivity index (χ4v) is 6.31. The summed E-state index contributed by atoms with van der Waals surface area (Å²) in [6.07, 6.45) is 0. The molecular weight excluding hydrogens is 635 g/mol. The Morgan fingerprint density at radius 2 is 1.57 bits per heavy atom. The van der Waals surface area contributed by atoms with E-state index in [9.17, 15) is 26.0 Å². The summed E-state index contributed by atoms with van der Waals surface area (Å²) in [5.41, 5.74) is 5.10. The molecule has 8 nitrogen and oxygen atoms in total. The van der Waals surface area contributed by atoms with E-state index >= 15 is 0 Å². The van der Waals surface area contributed by atoms with Gasteiger partial charge in [0.15, 0.2) is 0 Å². The van der Waals surface area contributed by atoms with Gasteiger partial charge in [-0.3, -0.25) is 14.2 Å². The second kappa shape index (κ2) is 11.8. The van der Waals surface area contributed by atoms with Gasteiger partial charge >= 0.3 is 51.4 Å². The van der Waals surface area contributed by atoms with Gasteiger partial charge in [-0.2, -0.15) is 0 Å². The second-order valence-corrected chi connectivity index (χ2v) is 12.0. The van der Waals surface area contributed by atoms with E-state index in [-0.39, 0.29) is 89.2 Å². The van der Waals surface area contributed by atoms with Gasteiger partial charge in [0, 0.05) is 15.7 Å². The molecular formula is C20H16BrCl2FKN3O5S2. The molecule has 3 aromatic rings. The molecule has 182 valence electrons. The Hall–Kier alpha value is -0.744. The van der Waals surface area contributed by atoms with Gasteiger partial charge in [0.1, 0.15) is 10.7 Å². The van der Waals surface area contributed by atoms with Crippen LogP contribution in [0.5, 0.6) is 0 Å². The van der Waals surface area contributed by atoms with Crippen LogP contribution in [0.3, 0.4) is 0 Å². The van der Waals surface area contributed by atoms with Gasteiger partial charge in [0.05, 0.1) is 20.6 Å². The molecule has 0 spiro atoms. The zero-order valence-electron chi connectivity index (χ0n) is 19.1. The van der Waals surface area contributed by atoms with E-state index in [0.29, 0.717) is 0 Å². The average Bonchev–Trinajstić information content (AvgIpc) is 2.70. The van der Waals surface area contributed by atoms with Crippen molar-refractivity contribution in [2.24, 2.45) is 5.73 Å². The van der Waals surface area contributed by atoms with Crippen molar-refractivity contribution in [3.05, 3.63) is 80.0 Å².